The third kappa shape index (κ3) is 2.53. The molecule has 1 unspecified atom stereocenters. The highest BCUT2D eigenvalue weighted by atomic mass is 16.3. The molecule has 25 heavy (non-hydrogen) atoms. The summed E-state index contributed by atoms with van der Waals surface area (Å²) in [5.41, 5.74) is 2.44. The van der Waals surface area contributed by atoms with Gasteiger partial charge in [0.05, 0.1) is 5.69 Å². The first-order valence-corrected chi connectivity index (χ1v) is 8.00. The summed E-state index contributed by atoms with van der Waals surface area (Å²) in [6.45, 7) is 3.79. The quantitative estimate of drug-likeness (QED) is 0.743. The van der Waals surface area contributed by atoms with Crippen LogP contribution in [0.1, 0.15) is 13.8 Å². The summed E-state index contributed by atoms with van der Waals surface area (Å²) >= 11 is 0. The lowest BCUT2D eigenvalue weighted by Gasteiger charge is -2.14. The summed E-state index contributed by atoms with van der Waals surface area (Å²) in [4.78, 5) is 34.3. The number of nitrogens with zero attached hydrogens (tertiary/aromatic N) is 3. The topological polar surface area (TPSA) is 88.3 Å². The molecular weight excluding hydrogens is 320 g/mol. The number of carbonyl (C=O) groups is 2. The monoisotopic (exact) mass is 336 g/mol. The maximum atomic E-state index is 12.5. The number of aromatic nitrogens is 2. The fraction of sp³-hybridized carbons (Fsp3) is 0.222. The number of imide groups is 1. The van der Waals surface area contributed by atoms with Crippen molar-refractivity contribution in [3.8, 4) is 11.5 Å². The molecule has 1 fully saturated rings. The smallest absolute Gasteiger partial charge is 0.329 e. The summed E-state index contributed by atoms with van der Waals surface area (Å²) in [6.07, 6.45) is 3.32. The van der Waals surface area contributed by atoms with Gasteiger partial charge in [-0.05, 0) is 30.2 Å². The van der Waals surface area contributed by atoms with Gasteiger partial charge in [0.2, 0.25) is 5.89 Å². The van der Waals surface area contributed by atoms with Gasteiger partial charge in [-0.25, -0.2) is 14.7 Å². The van der Waals surface area contributed by atoms with Gasteiger partial charge in [-0.15, -0.1) is 0 Å². The minimum absolute atomic E-state index is 0.0220. The Bertz CT molecular complexity index is 965. The van der Waals surface area contributed by atoms with Gasteiger partial charge in [0.15, 0.2) is 5.58 Å². The van der Waals surface area contributed by atoms with Gasteiger partial charge in [0.1, 0.15) is 11.6 Å². The van der Waals surface area contributed by atoms with Crippen molar-refractivity contribution < 1.29 is 14.0 Å². The van der Waals surface area contributed by atoms with Crippen LogP contribution >= 0.6 is 0 Å². The van der Waals surface area contributed by atoms with Crippen molar-refractivity contribution in [2.24, 2.45) is 5.92 Å². The van der Waals surface area contributed by atoms with E-state index in [4.69, 9.17) is 4.42 Å². The predicted octanol–water partition coefficient (Wildman–Crippen LogP) is 2.97. The van der Waals surface area contributed by atoms with Gasteiger partial charge >= 0.3 is 6.03 Å². The van der Waals surface area contributed by atoms with E-state index < -0.39 is 12.1 Å². The maximum absolute atomic E-state index is 12.5. The van der Waals surface area contributed by atoms with Crippen molar-refractivity contribution in [3.63, 3.8) is 0 Å². The molecule has 3 aromatic rings. The Morgan fingerprint density at radius 2 is 1.92 bits per heavy atom. The number of hydrogen-bond acceptors (Lipinski definition) is 5. The molecule has 4 rings (SSSR count). The molecule has 2 aromatic heterocycles. The van der Waals surface area contributed by atoms with Crippen molar-refractivity contribution in [1.82, 2.24) is 15.3 Å². The zero-order chi connectivity index (χ0) is 17.6. The molecule has 0 bridgehead atoms. The fourth-order valence-electron chi connectivity index (χ4n) is 2.87. The zero-order valence-electron chi connectivity index (χ0n) is 13.8. The Morgan fingerprint density at radius 3 is 2.60 bits per heavy atom. The number of carbonyl (C=O) groups excluding carboxylic acids is 2. The van der Waals surface area contributed by atoms with E-state index in [2.05, 4.69) is 15.3 Å². The van der Waals surface area contributed by atoms with Crippen LogP contribution < -0.4 is 10.2 Å². The molecule has 1 aliphatic heterocycles. The Morgan fingerprint density at radius 1 is 1.16 bits per heavy atom. The van der Waals surface area contributed by atoms with Crippen LogP contribution in [0.25, 0.3) is 22.6 Å². The Balaban J connectivity index is 1.72. The normalized spacial score (nSPS) is 17.6. The Labute approximate surface area is 143 Å². The highest BCUT2D eigenvalue weighted by Gasteiger charge is 2.40. The van der Waals surface area contributed by atoms with E-state index in [9.17, 15) is 9.59 Å². The SMILES string of the molecule is CC(C)C1NC(=O)N(c2ccc3nc(-c4ccncc4)oc3c2)C1=O. The summed E-state index contributed by atoms with van der Waals surface area (Å²) in [5.74, 6) is 0.230. The van der Waals surface area contributed by atoms with Crippen molar-refractivity contribution in [1.29, 1.82) is 0 Å². The Hall–Kier alpha value is -3.22. The van der Waals surface area contributed by atoms with E-state index in [0.717, 1.165) is 10.5 Å². The van der Waals surface area contributed by atoms with Crippen molar-refractivity contribution in [3.05, 3.63) is 42.7 Å². The molecule has 1 N–H and O–H groups in total. The Kier molecular flexibility index (Phi) is 3.49. The van der Waals surface area contributed by atoms with Crippen LogP contribution in [0.3, 0.4) is 0 Å². The number of nitrogens with one attached hydrogen (secondary N) is 1. The number of urea groups is 1. The molecule has 7 nitrogen and oxygen atoms in total. The summed E-state index contributed by atoms with van der Waals surface area (Å²) in [7, 11) is 0. The predicted molar refractivity (Wildman–Crippen MR) is 91.9 cm³/mol. The lowest BCUT2D eigenvalue weighted by atomic mass is 10.0. The van der Waals surface area contributed by atoms with E-state index >= 15 is 0 Å². The number of oxazole rings is 1. The summed E-state index contributed by atoms with van der Waals surface area (Å²) in [6, 6.07) is 7.77. The zero-order valence-corrected chi connectivity index (χ0v) is 13.8. The van der Waals surface area contributed by atoms with E-state index in [1.807, 2.05) is 13.8 Å². The third-order valence-corrected chi connectivity index (χ3v) is 4.19. The average molecular weight is 336 g/mol. The number of anilines is 1. The summed E-state index contributed by atoms with van der Waals surface area (Å²) < 4.78 is 5.79. The number of rotatable bonds is 3. The largest absolute Gasteiger partial charge is 0.436 e. The molecule has 126 valence electrons. The van der Waals surface area contributed by atoms with Crippen LogP contribution in [0.2, 0.25) is 0 Å². The number of benzene rings is 1. The van der Waals surface area contributed by atoms with Crippen LogP contribution in [0, 0.1) is 5.92 Å². The molecule has 7 heteroatoms. The van der Waals surface area contributed by atoms with Crippen molar-refractivity contribution in [2.45, 2.75) is 19.9 Å². The van der Waals surface area contributed by atoms with E-state index in [-0.39, 0.29) is 11.8 Å². The number of hydrogen-bond donors (Lipinski definition) is 1. The summed E-state index contributed by atoms with van der Waals surface area (Å²) in [5, 5.41) is 2.72. The van der Waals surface area contributed by atoms with Crippen LogP contribution in [-0.4, -0.2) is 27.9 Å². The van der Waals surface area contributed by atoms with Crippen LogP contribution in [0.15, 0.2) is 47.1 Å². The van der Waals surface area contributed by atoms with Crippen molar-refractivity contribution in [2.75, 3.05) is 4.90 Å². The molecule has 1 atom stereocenters. The second-order valence-corrected chi connectivity index (χ2v) is 6.25. The first-order valence-electron chi connectivity index (χ1n) is 8.00. The molecule has 0 radical (unpaired) electrons. The van der Waals surface area contributed by atoms with Crippen LogP contribution in [0.4, 0.5) is 10.5 Å². The molecule has 3 heterocycles. The molecule has 0 saturated carbocycles. The van der Waals surface area contributed by atoms with Gasteiger partial charge in [-0.2, -0.15) is 0 Å². The van der Waals surface area contributed by atoms with E-state index in [1.165, 1.54) is 0 Å². The lowest BCUT2D eigenvalue weighted by Crippen LogP contribution is -2.34. The first-order chi connectivity index (χ1) is 12.0. The third-order valence-electron chi connectivity index (χ3n) is 4.19. The standard InChI is InChI=1S/C18H16N4O3/c1-10(2)15-17(23)22(18(24)21-15)12-3-4-13-14(9-12)25-16(20-13)11-5-7-19-8-6-11/h3-10,15H,1-2H3,(H,21,24). The van der Waals surface area contributed by atoms with Crippen LogP contribution in [-0.2, 0) is 4.79 Å². The van der Waals surface area contributed by atoms with Crippen LogP contribution in [0.5, 0.6) is 0 Å². The van der Waals surface area contributed by atoms with Gasteiger partial charge in [0.25, 0.3) is 5.91 Å². The molecule has 1 saturated heterocycles. The first kappa shape index (κ1) is 15.3. The molecule has 0 spiro atoms. The molecule has 0 aliphatic carbocycles. The molecule has 1 aromatic carbocycles. The number of pyridine rings is 1. The number of amides is 3. The average Bonchev–Trinajstić information content (AvgIpc) is 3.16. The minimum Gasteiger partial charge on any atom is -0.436 e. The minimum atomic E-state index is -0.509. The molecule has 1 aliphatic rings. The van der Waals surface area contributed by atoms with Gasteiger partial charge in [-0.1, -0.05) is 13.8 Å². The number of fused-ring (bicyclic) bond motifs is 1. The fourth-order valence-corrected chi connectivity index (χ4v) is 2.87. The lowest BCUT2D eigenvalue weighted by molar-refractivity contribution is -0.119. The van der Waals surface area contributed by atoms with Crippen molar-refractivity contribution >= 4 is 28.7 Å². The van der Waals surface area contributed by atoms with Gasteiger partial charge < -0.3 is 9.73 Å². The van der Waals surface area contributed by atoms with E-state index in [0.29, 0.717) is 22.7 Å². The maximum Gasteiger partial charge on any atom is 0.329 e. The molecular formula is C18H16N4O3. The van der Waals surface area contributed by atoms with Gasteiger partial charge in [-0.3, -0.25) is 9.78 Å². The van der Waals surface area contributed by atoms with E-state index in [1.54, 1.807) is 42.7 Å². The highest BCUT2D eigenvalue weighted by molar-refractivity contribution is 6.21. The van der Waals surface area contributed by atoms with Gasteiger partial charge in [0, 0.05) is 24.0 Å². The molecule has 3 amide bonds. The second kappa shape index (κ2) is 5.70. The second-order valence-electron chi connectivity index (χ2n) is 6.25. The highest BCUT2D eigenvalue weighted by Crippen LogP contribution is 2.29.